The van der Waals surface area contributed by atoms with Crippen LogP contribution in [0.15, 0.2) is 54.6 Å². The predicted octanol–water partition coefficient (Wildman–Crippen LogP) is 6.24. The van der Waals surface area contributed by atoms with E-state index in [1.807, 2.05) is 19.0 Å². The molecule has 2 amide bonds. The van der Waals surface area contributed by atoms with Crippen LogP contribution in [0, 0.1) is 5.82 Å². The first-order valence-corrected chi connectivity index (χ1v) is 14.4. The van der Waals surface area contributed by atoms with E-state index in [9.17, 15) is 27.2 Å². The summed E-state index contributed by atoms with van der Waals surface area (Å²) in [7, 11) is 3.85. The molecule has 3 aromatic carbocycles. The summed E-state index contributed by atoms with van der Waals surface area (Å²) in [5.74, 6) is -2.44. The zero-order valence-electron chi connectivity index (χ0n) is 22.6. The number of anilines is 1. The number of amides is 2. The third kappa shape index (κ3) is 6.28. The molecule has 0 saturated carbocycles. The fourth-order valence-corrected chi connectivity index (χ4v) is 5.98. The zero-order chi connectivity index (χ0) is 31.4. The fourth-order valence-electron chi connectivity index (χ4n) is 5.11. The van der Waals surface area contributed by atoms with E-state index in [0.29, 0.717) is 24.2 Å². The summed E-state index contributed by atoms with van der Waals surface area (Å²) in [6.45, 7) is -2.00. The Hall–Kier alpha value is -2.70. The summed E-state index contributed by atoms with van der Waals surface area (Å²) in [6.07, 6.45) is -4.74. The van der Waals surface area contributed by atoms with E-state index in [-0.39, 0.29) is 39.2 Å². The van der Waals surface area contributed by atoms with Gasteiger partial charge in [0.05, 0.1) is 11.3 Å². The number of halogens is 8. The maximum Gasteiger partial charge on any atom is 0.422 e. The number of carbonyl (C=O) groups is 2. The van der Waals surface area contributed by atoms with Gasteiger partial charge in [0.15, 0.2) is 10.3 Å². The predicted molar refractivity (Wildman–Crippen MR) is 161 cm³/mol. The van der Waals surface area contributed by atoms with E-state index >= 15 is 0 Å². The van der Waals surface area contributed by atoms with Gasteiger partial charge in [-0.3, -0.25) is 9.59 Å². The third-order valence-electron chi connectivity index (χ3n) is 7.36. The molecule has 1 fully saturated rings. The largest absolute Gasteiger partial charge is 0.482 e. The first-order valence-electron chi connectivity index (χ1n) is 12.8. The molecule has 15 heteroatoms. The highest BCUT2D eigenvalue weighted by Crippen LogP contribution is 2.43. The second-order valence-corrected chi connectivity index (χ2v) is 13.2. The Bertz CT molecular complexity index is 1600. The van der Waals surface area contributed by atoms with Gasteiger partial charge in [-0.1, -0.05) is 64.6 Å². The number of rotatable bonds is 6. The summed E-state index contributed by atoms with van der Waals surface area (Å²) in [6, 6.07) is 12.6. The SMILES string of the molecule is CN(C)C1CN(C(=O)c2ccc(Cl)c(-c3ccc(N4B(C(Cl)(Cl)Cl)c5cccc(F)c5C4=O)c(OCC(F)(F)F)c3)c2)C1. The highest BCUT2D eigenvalue weighted by molar-refractivity contribution is 7.05. The zero-order valence-corrected chi connectivity index (χ0v) is 25.6. The monoisotopic (exact) mass is 675 g/mol. The molecule has 0 N–H and O–H groups in total. The number of ether oxygens (including phenoxy) is 1. The van der Waals surface area contributed by atoms with E-state index in [2.05, 4.69) is 0 Å². The van der Waals surface area contributed by atoms with Crippen LogP contribution in [0.4, 0.5) is 23.2 Å². The number of likely N-dealkylation sites (N-methyl/N-ethyl adjacent to an activating group) is 1. The van der Waals surface area contributed by atoms with Crippen LogP contribution in [-0.2, 0) is 0 Å². The Kier molecular flexibility index (Phi) is 8.61. The number of nitrogens with zero attached hydrogens (tertiary/aromatic N) is 3. The number of hydrogen-bond donors (Lipinski definition) is 0. The molecule has 0 unspecified atom stereocenters. The average Bonchev–Trinajstić information content (AvgIpc) is 3.19. The van der Waals surface area contributed by atoms with Gasteiger partial charge in [0, 0.05) is 35.3 Å². The topological polar surface area (TPSA) is 53.1 Å². The van der Waals surface area contributed by atoms with Gasteiger partial charge in [-0.2, -0.15) is 13.2 Å². The van der Waals surface area contributed by atoms with Crippen LogP contribution in [0.2, 0.25) is 5.02 Å². The Morgan fingerprint density at radius 3 is 2.40 bits per heavy atom. The second-order valence-electron chi connectivity index (χ2n) is 10.4. The van der Waals surface area contributed by atoms with Gasteiger partial charge < -0.3 is 19.3 Å². The first-order chi connectivity index (χ1) is 20.1. The van der Waals surface area contributed by atoms with Gasteiger partial charge in [0.1, 0.15) is 11.6 Å². The number of fused-ring (bicyclic) bond motifs is 1. The highest BCUT2D eigenvalue weighted by Gasteiger charge is 2.54. The van der Waals surface area contributed by atoms with Crippen LogP contribution in [0.25, 0.3) is 11.1 Å². The van der Waals surface area contributed by atoms with Crippen molar-refractivity contribution in [3.63, 3.8) is 0 Å². The van der Waals surface area contributed by atoms with E-state index in [1.165, 1.54) is 42.5 Å². The van der Waals surface area contributed by atoms with Crippen LogP contribution < -0.4 is 15.0 Å². The molecule has 6 nitrogen and oxygen atoms in total. The van der Waals surface area contributed by atoms with Crippen molar-refractivity contribution in [3.05, 3.63) is 76.6 Å². The van der Waals surface area contributed by atoms with Crippen LogP contribution >= 0.6 is 46.4 Å². The number of carbonyl (C=O) groups excluding carboxylic acids is 2. The maximum atomic E-state index is 14.8. The normalized spacial score (nSPS) is 15.7. The van der Waals surface area contributed by atoms with Crippen LogP contribution in [0.5, 0.6) is 5.75 Å². The van der Waals surface area contributed by atoms with Crippen LogP contribution in [0.3, 0.4) is 0 Å². The molecule has 2 aliphatic rings. The maximum absolute atomic E-state index is 14.8. The van der Waals surface area contributed by atoms with E-state index in [0.717, 1.165) is 10.9 Å². The van der Waals surface area contributed by atoms with Crippen molar-refractivity contribution >= 4 is 76.2 Å². The lowest BCUT2D eigenvalue weighted by Crippen LogP contribution is -2.59. The molecule has 0 aliphatic carbocycles. The van der Waals surface area contributed by atoms with Crippen molar-refractivity contribution in [2.24, 2.45) is 0 Å². The summed E-state index contributed by atoms with van der Waals surface area (Å²) >= 11 is 25.2. The minimum Gasteiger partial charge on any atom is -0.482 e. The van der Waals surface area contributed by atoms with Gasteiger partial charge in [0.2, 0.25) is 5.91 Å². The first kappa shape index (κ1) is 31.7. The van der Waals surface area contributed by atoms with Crippen molar-refractivity contribution in [1.82, 2.24) is 9.80 Å². The van der Waals surface area contributed by atoms with Crippen molar-refractivity contribution < 1.29 is 31.9 Å². The quantitative estimate of drug-likeness (QED) is 0.176. The van der Waals surface area contributed by atoms with E-state index < -0.39 is 40.8 Å². The molecular formula is C28H22BCl4F4N3O3. The number of benzene rings is 3. The van der Waals surface area contributed by atoms with Crippen molar-refractivity contribution in [2.75, 3.05) is 38.6 Å². The summed E-state index contributed by atoms with van der Waals surface area (Å²) in [5, 5.41) is 0.215. The standard InChI is InChI=1S/C28H22BCl4F4N3O3/c1-38(2)17-12-39(13-17)25(41)16-6-8-20(30)18(10-16)15-7-9-22(23(11-15)43-14-27(35,36)37)40-26(42)24-19(4-3-5-21(24)34)29(40)28(31,32)33/h3-11,17H,12-14H2,1-2H3. The molecule has 2 heterocycles. The van der Waals surface area contributed by atoms with Crippen molar-refractivity contribution in [1.29, 1.82) is 0 Å². The smallest absolute Gasteiger partial charge is 0.422 e. The molecule has 0 bridgehead atoms. The molecule has 1 saturated heterocycles. The molecule has 0 aromatic heterocycles. The molecular weight excluding hydrogens is 655 g/mol. The highest BCUT2D eigenvalue weighted by atomic mass is 35.6. The lowest BCUT2D eigenvalue weighted by atomic mass is 9.57. The van der Waals surface area contributed by atoms with Gasteiger partial charge in [-0.05, 0) is 61.5 Å². The lowest BCUT2D eigenvalue weighted by Gasteiger charge is -2.42. The molecule has 0 spiro atoms. The average molecular weight is 677 g/mol. The van der Waals surface area contributed by atoms with Gasteiger partial charge in [0.25, 0.3) is 5.91 Å². The fraction of sp³-hybridized carbons (Fsp3) is 0.286. The van der Waals surface area contributed by atoms with Gasteiger partial charge in [-0.15, -0.1) is 0 Å². The lowest BCUT2D eigenvalue weighted by molar-refractivity contribution is -0.153. The van der Waals surface area contributed by atoms with Crippen LogP contribution in [0.1, 0.15) is 20.7 Å². The Balaban J connectivity index is 1.57. The molecule has 5 rings (SSSR count). The van der Waals surface area contributed by atoms with E-state index in [4.69, 9.17) is 51.1 Å². The van der Waals surface area contributed by atoms with Crippen molar-refractivity contribution in [2.45, 2.75) is 15.9 Å². The Morgan fingerprint density at radius 2 is 1.77 bits per heavy atom. The molecule has 0 radical (unpaired) electrons. The molecule has 2 aliphatic heterocycles. The summed E-state index contributed by atoms with van der Waals surface area (Å²) in [4.78, 5) is 31.2. The third-order valence-corrected chi connectivity index (χ3v) is 8.31. The molecule has 0 atom stereocenters. The van der Waals surface area contributed by atoms with Crippen LogP contribution in [-0.4, -0.2) is 78.2 Å². The Labute approximate surface area is 265 Å². The second kappa shape index (κ2) is 11.7. The van der Waals surface area contributed by atoms with Gasteiger partial charge >= 0.3 is 13.0 Å². The van der Waals surface area contributed by atoms with Gasteiger partial charge in [-0.25, -0.2) is 4.39 Å². The number of likely N-dealkylation sites (tertiary alicyclic amines) is 1. The molecule has 226 valence electrons. The van der Waals surface area contributed by atoms with Crippen molar-refractivity contribution in [3.8, 4) is 16.9 Å². The minimum atomic E-state index is -4.74. The molecule has 3 aromatic rings. The number of hydrogen-bond acceptors (Lipinski definition) is 4. The molecule has 43 heavy (non-hydrogen) atoms. The Morgan fingerprint density at radius 1 is 1.07 bits per heavy atom. The number of alkyl halides is 6. The summed E-state index contributed by atoms with van der Waals surface area (Å²) in [5.41, 5.74) is 0.435. The van der Waals surface area contributed by atoms with E-state index in [1.54, 1.807) is 11.0 Å². The minimum absolute atomic E-state index is 0.0487. The summed E-state index contributed by atoms with van der Waals surface area (Å²) < 4.78 is 57.6.